The number of nitrogens with one attached hydrogen (secondary N) is 1. The smallest absolute Gasteiger partial charge is 0.330 e. The number of aliphatic carboxylic acids is 1. The lowest BCUT2D eigenvalue weighted by molar-refractivity contribution is -0.138. The minimum atomic E-state index is -0.928. The molecule has 5 heteroatoms. The van der Waals surface area contributed by atoms with E-state index in [1.807, 2.05) is 53.9 Å². The Morgan fingerprint density at radius 1 is 1.05 bits per heavy atom. The van der Waals surface area contributed by atoms with E-state index in [9.17, 15) is 9.90 Å². The standard InChI is InChI=1S/C17H14N2O2S/c20-16(21)15(13-9-5-2-6-10-13)19-17-18-14(11-22-17)12-7-3-1-4-8-12/h1-11,15H,(H,18,19)(H,20,21). The number of benzene rings is 2. The lowest BCUT2D eigenvalue weighted by atomic mass is 10.1. The van der Waals surface area contributed by atoms with E-state index in [1.54, 1.807) is 12.1 Å². The summed E-state index contributed by atoms with van der Waals surface area (Å²) < 4.78 is 0. The zero-order valence-electron chi connectivity index (χ0n) is 11.6. The predicted molar refractivity (Wildman–Crippen MR) is 88.0 cm³/mol. The van der Waals surface area contributed by atoms with Crippen LogP contribution in [0.4, 0.5) is 5.13 Å². The van der Waals surface area contributed by atoms with Crippen molar-refractivity contribution in [3.63, 3.8) is 0 Å². The number of thiazole rings is 1. The van der Waals surface area contributed by atoms with Gasteiger partial charge in [-0.1, -0.05) is 60.7 Å². The van der Waals surface area contributed by atoms with Crippen molar-refractivity contribution < 1.29 is 9.90 Å². The fourth-order valence-electron chi connectivity index (χ4n) is 2.14. The van der Waals surface area contributed by atoms with E-state index in [2.05, 4.69) is 10.3 Å². The highest BCUT2D eigenvalue weighted by Gasteiger charge is 2.20. The van der Waals surface area contributed by atoms with Crippen LogP contribution < -0.4 is 5.32 Å². The van der Waals surface area contributed by atoms with Gasteiger partial charge in [-0.3, -0.25) is 0 Å². The number of hydrogen-bond acceptors (Lipinski definition) is 4. The molecule has 4 nitrogen and oxygen atoms in total. The second-order valence-corrected chi connectivity index (χ2v) is 5.59. The van der Waals surface area contributed by atoms with Gasteiger partial charge in [0, 0.05) is 10.9 Å². The van der Waals surface area contributed by atoms with Crippen LogP contribution in [0, 0.1) is 0 Å². The molecule has 0 radical (unpaired) electrons. The van der Waals surface area contributed by atoms with Crippen molar-refractivity contribution >= 4 is 22.4 Å². The molecule has 2 aromatic carbocycles. The van der Waals surface area contributed by atoms with E-state index in [0.717, 1.165) is 11.3 Å². The Kier molecular flexibility index (Phi) is 4.16. The van der Waals surface area contributed by atoms with Crippen LogP contribution in [-0.4, -0.2) is 16.1 Å². The molecule has 0 spiro atoms. The topological polar surface area (TPSA) is 62.2 Å². The molecule has 0 bridgehead atoms. The van der Waals surface area contributed by atoms with E-state index in [4.69, 9.17) is 0 Å². The lowest BCUT2D eigenvalue weighted by Gasteiger charge is -2.13. The normalized spacial score (nSPS) is 11.8. The first-order valence-corrected chi connectivity index (χ1v) is 7.67. The maximum absolute atomic E-state index is 11.5. The predicted octanol–water partition coefficient (Wildman–Crippen LogP) is 4.05. The molecule has 0 aliphatic carbocycles. The number of anilines is 1. The lowest BCUT2D eigenvalue weighted by Crippen LogP contribution is -2.20. The minimum absolute atomic E-state index is 0.593. The van der Waals surface area contributed by atoms with Crippen molar-refractivity contribution in [3.8, 4) is 11.3 Å². The summed E-state index contributed by atoms with van der Waals surface area (Å²) in [5.74, 6) is -0.928. The van der Waals surface area contributed by atoms with Gasteiger partial charge in [-0.05, 0) is 5.56 Å². The first-order valence-electron chi connectivity index (χ1n) is 6.79. The van der Waals surface area contributed by atoms with Crippen molar-refractivity contribution in [1.82, 2.24) is 4.98 Å². The molecule has 22 heavy (non-hydrogen) atoms. The fourth-order valence-corrected chi connectivity index (χ4v) is 2.89. The van der Waals surface area contributed by atoms with Crippen LogP contribution in [0.2, 0.25) is 0 Å². The molecular weight excluding hydrogens is 296 g/mol. The number of carboxylic acids is 1. The zero-order valence-corrected chi connectivity index (χ0v) is 12.5. The molecule has 0 saturated carbocycles. The quantitative estimate of drug-likeness (QED) is 0.746. The van der Waals surface area contributed by atoms with Crippen LogP contribution in [0.5, 0.6) is 0 Å². The van der Waals surface area contributed by atoms with Gasteiger partial charge in [-0.15, -0.1) is 11.3 Å². The van der Waals surface area contributed by atoms with E-state index in [1.165, 1.54) is 11.3 Å². The molecule has 1 unspecified atom stereocenters. The molecule has 110 valence electrons. The van der Waals surface area contributed by atoms with Crippen molar-refractivity contribution in [2.45, 2.75) is 6.04 Å². The van der Waals surface area contributed by atoms with Gasteiger partial charge in [0.1, 0.15) is 0 Å². The molecule has 3 aromatic rings. The molecule has 1 aromatic heterocycles. The minimum Gasteiger partial charge on any atom is -0.479 e. The molecule has 0 aliphatic rings. The number of nitrogens with zero attached hydrogens (tertiary/aromatic N) is 1. The highest BCUT2D eigenvalue weighted by atomic mass is 32.1. The average Bonchev–Trinajstić information content (AvgIpc) is 3.03. The first kappa shape index (κ1) is 14.3. The van der Waals surface area contributed by atoms with Crippen molar-refractivity contribution in [1.29, 1.82) is 0 Å². The first-order chi connectivity index (χ1) is 10.7. The maximum atomic E-state index is 11.5. The Balaban J connectivity index is 1.83. The Morgan fingerprint density at radius 2 is 1.68 bits per heavy atom. The van der Waals surface area contributed by atoms with Gasteiger partial charge in [0.2, 0.25) is 0 Å². The van der Waals surface area contributed by atoms with Crippen molar-refractivity contribution in [2.75, 3.05) is 5.32 Å². The maximum Gasteiger partial charge on any atom is 0.330 e. The summed E-state index contributed by atoms with van der Waals surface area (Å²) in [6.45, 7) is 0. The molecule has 0 saturated heterocycles. The summed E-state index contributed by atoms with van der Waals surface area (Å²) in [6.07, 6.45) is 0. The van der Waals surface area contributed by atoms with Crippen LogP contribution >= 0.6 is 11.3 Å². The highest BCUT2D eigenvalue weighted by Crippen LogP contribution is 2.27. The summed E-state index contributed by atoms with van der Waals surface area (Å²) in [4.78, 5) is 16.0. The van der Waals surface area contributed by atoms with Gasteiger partial charge >= 0.3 is 5.97 Å². The van der Waals surface area contributed by atoms with Crippen LogP contribution in [0.3, 0.4) is 0 Å². The van der Waals surface area contributed by atoms with Crippen LogP contribution in [0.25, 0.3) is 11.3 Å². The summed E-state index contributed by atoms with van der Waals surface area (Å²) in [5.41, 5.74) is 2.55. The van der Waals surface area contributed by atoms with E-state index < -0.39 is 12.0 Å². The van der Waals surface area contributed by atoms with E-state index in [0.29, 0.717) is 10.7 Å². The Morgan fingerprint density at radius 3 is 2.32 bits per heavy atom. The molecule has 2 N–H and O–H groups in total. The Hall–Kier alpha value is -2.66. The third-order valence-corrected chi connectivity index (χ3v) is 3.99. The third kappa shape index (κ3) is 3.15. The summed E-state index contributed by atoms with van der Waals surface area (Å²) in [6, 6.07) is 18.1. The largest absolute Gasteiger partial charge is 0.479 e. The summed E-state index contributed by atoms with van der Waals surface area (Å²) in [5, 5.41) is 14.9. The molecule has 0 aliphatic heterocycles. The second kappa shape index (κ2) is 6.41. The Labute approximate surface area is 132 Å². The van der Waals surface area contributed by atoms with E-state index >= 15 is 0 Å². The van der Waals surface area contributed by atoms with Crippen molar-refractivity contribution in [3.05, 3.63) is 71.6 Å². The van der Waals surface area contributed by atoms with E-state index in [-0.39, 0.29) is 0 Å². The zero-order chi connectivity index (χ0) is 15.4. The molecule has 0 amide bonds. The van der Waals surface area contributed by atoms with Gasteiger partial charge in [-0.25, -0.2) is 9.78 Å². The van der Waals surface area contributed by atoms with Crippen LogP contribution in [0.1, 0.15) is 11.6 Å². The number of hydrogen-bond donors (Lipinski definition) is 2. The Bertz CT molecular complexity index is 757. The van der Waals surface area contributed by atoms with Crippen LogP contribution in [0.15, 0.2) is 66.0 Å². The molecule has 0 fully saturated rings. The molecule has 1 heterocycles. The number of aromatic nitrogens is 1. The van der Waals surface area contributed by atoms with Gasteiger partial charge in [0.25, 0.3) is 0 Å². The molecular formula is C17H14N2O2S. The van der Waals surface area contributed by atoms with Gasteiger partial charge in [0.15, 0.2) is 11.2 Å². The summed E-state index contributed by atoms with van der Waals surface area (Å²) in [7, 11) is 0. The number of rotatable bonds is 5. The number of carbonyl (C=O) groups is 1. The fraction of sp³-hybridized carbons (Fsp3) is 0.0588. The van der Waals surface area contributed by atoms with Gasteiger partial charge in [-0.2, -0.15) is 0 Å². The van der Waals surface area contributed by atoms with Crippen LogP contribution in [-0.2, 0) is 4.79 Å². The highest BCUT2D eigenvalue weighted by molar-refractivity contribution is 7.14. The van der Waals surface area contributed by atoms with Gasteiger partial charge < -0.3 is 10.4 Å². The molecule has 3 rings (SSSR count). The second-order valence-electron chi connectivity index (χ2n) is 4.73. The molecule has 1 atom stereocenters. The third-order valence-electron chi connectivity index (χ3n) is 3.22. The number of carboxylic acid groups (broad SMARTS) is 1. The summed E-state index contributed by atoms with van der Waals surface area (Å²) >= 11 is 1.40. The van der Waals surface area contributed by atoms with Crippen molar-refractivity contribution in [2.24, 2.45) is 0 Å². The average molecular weight is 310 g/mol. The monoisotopic (exact) mass is 310 g/mol. The van der Waals surface area contributed by atoms with Gasteiger partial charge in [0.05, 0.1) is 5.69 Å². The SMILES string of the molecule is O=C(O)C(Nc1nc(-c2ccccc2)cs1)c1ccccc1.